The van der Waals surface area contributed by atoms with Crippen molar-refractivity contribution in [2.45, 2.75) is 0 Å². The van der Waals surface area contributed by atoms with Crippen LogP contribution in [-0.2, 0) is 0 Å². The third-order valence-electron chi connectivity index (χ3n) is 2.22. The highest BCUT2D eigenvalue weighted by atomic mass is 14.7. The Morgan fingerprint density at radius 3 is 2.06 bits per heavy atom. The summed E-state index contributed by atoms with van der Waals surface area (Å²) in [5, 5.41) is 7.09. The number of hydrogen-bond acceptors (Lipinski definition) is 2. The van der Waals surface area contributed by atoms with Crippen LogP contribution in [0.15, 0.2) is 59.6 Å². The molecule has 0 atom stereocenters. The summed E-state index contributed by atoms with van der Waals surface area (Å²) in [5.74, 6) is 0. The van der Waals surface area contributed by atoms with Crippen LogP contribution in [0.5, 0.6) is 0 Å². The SMILES string of the molecule is N=Cc1ccc(/C=N/c2ccccc2)cc1. The molecule has 0 aliphatic rings. The number of rotatable bonds is 3. The van der Waals surface area contributed by atoms with Crippen molar-refractivity contribution < 1.29 is 0 Å². The van der Waals surface area contributed by atoms with E-state index in [9.17, 15) is 0 Å². The van der Waals surface area contributed by atoms with E-state index < -0.39 is 0 Å². The number of para-hydroxylation sites is 1. The zero-order valence-corrected chi connectivity index (χ0v) is 8.80. The van der Waals surface area contributed by atoms with E-state index in [-0.39, 0.29) is 0 Å². The molecule has 0 fully saturated rings. The van der Waals surface area contributed by atoms with Gasteiger partial charge in [0.25, 0.3) is 0 Å². The minimum atomic E-state index is 0.900. The van der Waals surface area contributed by atoms with Crippen LogP contribution in [0.2, 0.25) is 0 Å². The number of hydrogen-bond donors (Lipinski definition) is 1. The van der Waals surface area contributed by atoms with Crippen molar-refractivity contribution in [2.75, 3.05) is 0 Å². The van der Waals surface area contributed by atoms with Crippen molar-refractivity contribution >= 4 is 18.1 Å². The zero-order chi connectivity index (χ0) is 11.2. The van der Waals surface area contributed by atoms with Crippen molar-refractivity contribution in [3.05, 3.63) is 65.7 Å². The summed E-state index contributed by atoms with van der Waals surface area (Å²) in [6.45, 7) is 0. The highest BCUT2D eigenvalue weighted by Crippen LogP contribution is 2.09. The number of nitrogens with zero attached hydrogens (tertiary/aromatic N) is 1. The van der Waals surface area contributed by atoms with Crippen molar-refractivity contribution in [3.63, 3.8) is 0 Å². The van der Waals surface area contributed by atoms with Crippen LogP contribution in [0.25, 0.3) is 0 Å². The Labute approximate surface area is 94.8 Å². The Balaban J connectivity index is 2.14. The molecule has 1 N–H and O–H groups in total. The van der Waals surface area contributed by atoms with E-state index in [1.54, 1.807) is 0 Å². The molecule has 0 saturated carbocycles. The highest BCUT2D eigenvalue weighted by molar-refractivity contribution is 5.84. The molecule has 2 nitrogen and oxygen atoms in total. The van der Waals surface area contributed by atoms with Gasteiger partial charge in [-0.15, -0.1) is 0 Å². The second-order valence-corrected chi connectivity index (χ2v) is 3.40. The fourth-order valence-corrected chi connectivity index (χ4v) is 1.34. The van der Waals surface area contributed by atoms with Gasteiger partial charge >= 0.3 is 0 Å². The predicted octanol–water partition coefficient (Wildman–Crippen LogP) is 3.43. The van der Waals surface area contributed by atoms with Gasteiger partial charge < -0.3 is 5.41 Å². The number of benzene rings is 2. The summed E-state index contributed by atoms with van der Waals surface area (Å²) >= 11 is 0. The number of nitrogens with one attached hydrogen (secondary N) is 1. The van der Waals surface area contributed by atoms with Gasteiger partial charge in [-0.3, -0.25) is 4.99 Å². The predicted molar refractivity (Wildman–Crippen MR) is 68.0 cm³/mol. The Morgan fingerprint density at radius 2 is 1.44 bits per heavy atom. The average Bonchev–Trinajstić information content (AvgIpc) is 2.38. The molecule has 78 valence electrons. The summed E-state index contributed by atoms with van der Waals surface area (Å²) < 4.78 is 0. The third-order valence-corrected chi connectivity index (χ3v) is 2.22. The Kier molecular flexibility index (Phi) is 3.24. The molecule has 2 heteroatoms. The average molecular weight is 208 g/mol. The lowest BCUT2D eigenvalue weighted by Crippen LogP contribution is -1.83. The van der Waals surface area contributed by atoms with Gasteiger partial charge in [0.2, 0.25) is 0 Å². The van der Waals surface area contributed by atoms with Gasteiger partial charge in [0.1, 0.15) is 0 Å². The molecule has 0 amide bonds. The number of aliphatic imine (C=N–C) groups is 1. The van der Waals surface area contributed by atoms with Gasteiger partial charge in [0.05, 0.1) is 5.69 Å². The second-order valence-electron chi connectivity index (χ2n) is 3.40. The topological polar surface area (TPSA) is 36.2 Å². The third kappa shape index (κ3) is 2.64. The van der Waals surface area contributed by atoms with Crippen LogP contribution in [0.4, 0.5) is 5.69 Å². The first-order valence-electron chi connectivity index (χ1n) is 5.08. The van der Waals surface area contributed by atoms with Gasteiger partial charge in [0, 0.05) is 12.4 Å². The molecule has 2 aromatic rings. The lowest BCUT2D eigenvalue weighted by atomic mass is 10.1. The standard InChI is InChI=1S/C14H12N2/c15-10-12-6-8-13(9-7-12)11-16-14-4-2-1-3-5-14/h1-11,15H/b15-10?,16-11+. The summed E-state index contributed by atoms with van der Waals surface area (Å²) in [6, 6.07) is 17.5. The molecule has 0 aliphatic carbocycles. The zero-order valence-electron chi connectivity index (χ0n) is 8.80. The van der Waals surface area contributed by atoms with E-state index in [2.05, 4.69) is 4.99 Å². The van der Waals surface area contributed by atoms with Crippen LogP contribution < -0.4 is 0 Å². The molecule has 0 radical (unpaired) electrons. The molecule has 2 aromatic carbocycles. The van der Waals surface area contributed by atoms with Crippen LogP contribution in [0.3, 0.4) is 0 Å². The molecular formula is C14H12N2. The van der Waals surface area contributed by atoms with Crippen LogP contribution in [0.1, 0.15) is 11.1 Å². The van der Waals surface area contributed by atoms with E-state index >= 15 is 0 Å². The molecular weight excluding hydrogens is 196 g/mol. The fraction of sp³-hybridized carbons (Fsp3) is 0. The monoisotopic (exact) mass is 208 g/mol. The van der Waals surface area contributed by atoms with E-state index in [1.165, 1.54) is 6.21 Å². The van der Waals surface area contributed by atoms with Crippen LogP contribution in [0, 0.1) is 5.41 Å². The fourth-order valence-electron chi connectivity index (χ4n) is 1.34. The van der Waals surface area contributed by atoms with E-state index in [1.807, 2.05) is 60.8 Å². The van der Waals surface area contributed by atoms with E-state index in [0.717, 1.165) is 16.8 Å². The maximum absolute atomic E-state index is 7.09. The summed E-state index contributed by atoms with van der Waals surface area (Å²) in [6.07, 6.45) is 3.15. The van der Waals surface area contributed by atoms with Crippen LogP contribution >= 0.6 is 0 Å². The van der Waals surface area contributed by atoms with Crippen molar-refractivity contribution in [2.24, 2.45) is 4.99 Å². The lowest BCUT2D eigenvalue weighted by molar-refractivity contribution is 1.51. The van der Waals surface area contributed by atoms with Gasteiger partial charge in [-0.25, -0.2) is 0 Å². The molecule has 0 aliphatic heterocycles. The molecule has 0 bridgehead atoms. The van der Waals surface area contributed by atoms with Gasteiger partial charge in [0.15, 0.2) is 0 Å². The Morgan fingerprint density at radius 1 is 0.812 bits per heavy atom. The van der Waals surface area contributed by atoms with E-state index in [4.69, 9.17) is 5.41 Å². The van der Waals surface area contributed by atoms with Crippen molar-refractivity contribution in [3.8, 4) is 0 Å². The molecule has 0 spiro atoms. The largest absolute Gasteiger partial charge is 0.308 e. The van der Waals surface area contributed by atoms with Gasteiger partial charge in [-0.2, -0.15) is 0 Å². The first-order chi connectivity index (χ1) is 7.88. The smallest absolute Gasteiger partial charge is 0.0629 e. The molecule has 0 saturated heterocycles. The maximum Gasteiger partial charge on any atom is 0.0629 e. The van der Waals surface area contributed by atoms with E-state index in [0.29, 0.717) is 0 Å². The minimum absolute atomic E-state index is 0.900. The summed E-state index contributed by atoms with van der Waals surface area (Å²) in [7, 11) is 0. The summed E-state index contributed by atoms with van der Waals surface area (Å²) in [5.41, 5.74) is 2.88. The van der Waals surface area contributed by atoms with Crippen molar-refractivity contribution in [1.29, 1.82) is 5.41 Å². The molecule has 0 aromatic heterocycles. The Hall–Kier alpha value is -2.22. The van der Waals surface area contributed by atoms with Crippen LogP contribution in [-0.4, -0.2) is 12.4 Å². The van der Waals surface area contributed by atoms with Crippen molar-refractivity contribution in [1.82, 2.24) is 0 Å². The molecule has 0 unspecified atom stereocenters. The first-order valence-corrected chi connectivity index (χ1v) is 5.08. The minimum Gasteiger partial charge on any atom is -0.308 e. The van der Waals surface area contributed by atoms with Gasteiger partial charge in [-0.1, -0.05) is 42.5 Å². The highest BCUT2D eigenvalue weighted by Gasteiger charge is 1.89. The Bertz CT molecular complexity index is 484. The normalized spacial score (nSPS) is 10.5. The first kappa shape index (κ1) is 10.3. The summed E-state index contributed by atoms with van der Waals surface area (Å²) in [4.78, 5) is 4.35. The molecule has 2 rings (SSSR count). The quantitative estimate of drug-likeness (QED) is 0.750. The second kappa shape index (κ2) is 5.03. The maximum atomic E-state index is 7.09. The molecule has 0 heterocycles. The molecule has 16 heavy (non-hydrogen) atoms. The van der Waals surface area contributed by atoms with Gasteiger partial charge in [-0.05, 0) is 23.3 Å². The lowest BCUT2D eigenvalue weighted by Gasteiger charge is -1.95.